The first kappa shape index (κ1) is 14.5. The monoisotopic (exact) mass is 259 g/mol. The van der Waals surface area contributed by atoms with Gasteiger partial charge in [0.2, 0.25) is 5.88 Å². The summed E-state index contributed by atoms with van der Waals surface area (Å²) in [6.07, 6.45) is -2.42. The fourth-order valence-electron chi connectivity index (χ4n) is 1.33. The fourth-order valence-corrected chi connectivity index (χ4v) is 1.33. The molecule has 0 radical (unpaired) electrons. The summed E-state index contributed by atoms with van der Waals surface area (Å²) in [6.45, 7) is 5.21. The SMILES string of the molecule is CN(CC(F)F)c1ccc(N)c(OC(C)(C)C)n1. The molecule has 1 aromatic heterocycles. The Bertz CT molecular complexity index is 405. The molecule has 0 aliphatic heterocycles. The Kier molecular flexibility index (Phi) is 4.32. The van der Waals surface area contributed by atoms with E-state index in [-0.39, 0.29) is 12.4 Å². The van der Waals surface area contributed by atoms with Crippen LogP contribution >= 0.6 is 0 Å². The summed E-state index contributed by atoms with van der Waals surface area (Å²) in [6, 6.07) is 3.19. The molecule has 0 aliphatic carbocycles. The molecular weight excluding hydrogens is 240 g/mol. The lowest BCUT2D eigenvalue weighted by atomic mass is 10.2. The van der Waals surface area contributed by atoms with E-state index in [1.165, 1.54) is 4.90 Å². The van der Waals surface area contributed by atoms with Crippen molar-refractivity contribution in [2.24, 2.45) is 0 Å². The summed E-state index contributed by atoms with van der Waals surface area (Å²) in [5.41, 5.74) is 5.69. The Morgan fingerprint density at radius 2 is 2.00 bits per heavy atom. The maximum Gasteiger partial charge on any atom is 0.255 e. The highest BCUT2D eigenvalue weighted by Crippen LogP contribution is 2.26. The molecule has 6 heteroatoms. The van der Waals surface area contributed by atoms with Crippen molar-refractivity contribution in [2.75, 3.05) is 24.2 Å². The second-order valence-electron chi connectivity index (χ2n) is 5.05. The number of hydrogen-bond acceptors (Lipinski definition) is 4. The maximum atomic E-state index is 12.3. The zero-order valence-electron chi connectivity index (χ0n) is 11.1. The number of halogens is 2. The smallest absolute Gasteiger partial charge is 0.255 e. The second kappa shape index (κ2) is 5.37. The quantitative estimate of drug-likeness (QED) is 0.902. The molecule has 1 aromatic rings. The van der Waals surface area contributed by atoms with Crippen LogP contribution in [-0.2, 0) is 0 Å². The third kappa shape index (κ3) is 4.35. The van der Waals surface area contributed by atoms with Gasteiger partial charge in [-0.1, -0.05) is 0 Å². The average molecular weight is 259 g/mol. The molecule has 1 rings (SSSR count). The number of nitrogens with zero attached hydrogens (tertiary/aromatic N) is 2. The van der Waals surface area contributed by atoms with Crippen LogP contribution in [0.3, 0.4) is 0 Å². The highest BCUT2D eigenvalue weighted by Gasteiger charge is 2.17. The van der Waals surface area contributed by atoms with Gasteiger partial charge in [-0.25, -0.2) is 8.78 Å². The average Bonchev–Trinajstić information content (AvgIpc) is 2.18. The molecule has 0 spiro atoms. The Labute approximate surface area is 106 Å². The van der Waals surface area contributed by atoms with Crippen molar-refractivity contribution in [2.45, 2.75) is 32.8 Å². The molecule has 0 aliphatic rings. The van der Waals surface area contributed by atoms with Crippen LogP contribution in [0.2, 0.25) is 0 Å². The van der Waals surface area contributed by atoms with Gasteiger partial charge in [-0.05, 0) is 32.9 Å². The molecule has 0 saturated carbocycles. The van der Waals surface area contributed by atoms with Gasteiger partial charge in [0.15, 0.2) is 0 Å². The van der Waals surface area contributed by atoms with E-state index in [1.807, 2.05) is 20.8 Å². The third-order valence-corrected chi connectivity index (χ3v) is 2.08. The first-order valence-electron chi connectivity index (χ1n) is 5.64. The van der Waals surface area contributed by atoms with Gasteiger partial charge in [-0.15, -0.1) is 0 Å². The minimum Gasteiger partial charge on any atom is -0.470 e. The van der Waals surface area contributed by atoms with E-state index < -0.39 is 12.0 Å². The standard InChI is InChI=1S/C12H19F2N3O/c1-12(2,3)18-11-8(15)5-6-10(16-11)17(4)7-9(13)14/h5-6,9H,7,15H2,1-4H3. The summed E-state index contributed by atoms with van der Waals surface area (Å²) in [5.74, 6) is 0.671. The minimum atomic E-state index is -2.42. The van der Waals surface area contributed by atoms with Gasteiger partial charge in [0.1, 0.15) is 11.4 Å². The molecule has 0 unspecified atom stereocenters. The van der Waals surface area contributed by atoms with Crippen molar-refractivity contribution in [3.8, 4) is 5.88 Å². The summed E-state index contributed by atoms with van der Waals surface area (Å²) >= 11 is 0. The van der Waals surface area contributed by atoms with Gasteiger partial charge in [0.05, 0.1) is 12.2 Å². The number of rotatable bonds is 4. The Balaban J connectivity index is 2.93. The van der Waals surface area contributed by atoms with Gasteiger partial charge < -0.3 is 15.4 Å². The normalized spacial score (nSPS) is 11.7. The van der Waals surface area contributed by atoms with Gasteiger partial charge in [-0.3, -0.25) is 0 Å². The molecule has 1 heterocycles. The summed E-state index contributed by atoms with van der Waals surface area (Å²) in [4.78, 5) is 5.52. The van der Waals surface area contributed by atoms with Crippen LogP contribution in [0.25, 0.3) is 0 Å². The van der Waals surface area contributed by atoms with Crippen LogP contribution in [0.5, 0.6) is 5.88 Å². The zero-order chi connectivity index (χ0) is 13.9. The number of aromatic nitrogens is 1. The molecule has 2 N–H and O–H groups in total. The number of alkyl halides is 2. The van der Waals surface area contributed by atoms with Crippen LogP contribution in [0.1, 0.15) is 20.8 Å². The number of anilines is 2. The van der Waals surface area contributed by atoms with Crippen LogP contribution in [0, 0.1) is 0 Å². The highest BCUT2D eigenvalue weighted by atomic mass is 19.3. The van der Waals surface area contributed by atoms with Crippen molar-refractivity contribution in [3.05, 3.63) is 12.1 Å². The zero-order valence-corrected chi connectivity index (χ0v) is 11.1. The molecule has 0 fully saturated rings. The van der Waals surface area contributed by atoms with Gasteiger partial charge in [0, 0.05) is 7.05 Å². The minimum absolute atomic E-state index is 0.265. The third-order valence-electron chi connectivity index (χ3n) is 2.08. The number of nitrogen functional groups attached to an aromatic ring is 1. The Morgan fingerprint density at radius 1 is 1.39 bits per heavy atom. The van der Waals surface area contributed by atoms with Crippen LogP contribution in [0.4, 0.5) is 20.3 Å². The van der Waals surface area contributed by atoms with E-state index in [1.54, 1.807) is 19.2 Å². The van der Waals surface area contributed by atoms with E-state index in [2.05, 4.69) is 4.98 Å². The lowest BCUT2D eigenvalue weighted by molar-refractivity contribution is 0.125. The number of pyridine rings is 1. The summed E-state index contributed by atoms with van der Waals surface area (Å²) < 4.78 is 30.2. The predicted octanol–water partition coefficient (Wildman–Crippen LogP) is 2.54. The first-order valence-corrected chi connectivity index (χ1v) is 5.64. The molecule has 0 aromatic carbocycles. The maximum absolute atomic E-state index is 12.3. The van der Waals surface area contributed by atoms with Gasteiger partial charge in [0.25, 0.3) is 6.43 Å². The van der Waals surface area contributed by atoms with E-state index in [0.717, 1.165) is 0 Å². The van der Waals surface area contributed by atoms with Gasteiger partial charge in [-0.2, -0.15) is 4.98 Å². The molecule has 0 bridgehead atoms. The molecule has 102 valence electrons. The molecular formula is C12H19F2N3O. The van der Waals surface area contributed by atoms with Gasteiger partial charge >= 0.3 is 0 Å². The predicted molar refractivity (Wildman–Crippen MR) is 68.3 cm³/mol. The Morgan fingerprint density at radius 3 is 2.50 bits per heavy atom. The molecule has 0 atom stereocenters. The highest BCUT2D eigenvalue weighted by molar-refractivity contribution is 5.54. The lowest BCUT2D eigenvalue weighted by Gasteiger charge is -2.23. The molecule has 0 amide bonds. The van der Waals surface area contributed by atoms with Crippen LogP contribution < -0.4 is 15.4 Å². The molecule has 18 heavy (non-hydrogen) atoms. The second-order valence-corrected chi connectivity index (χ2v) is 5.05. The number of ether oxygens (including phenoxy) is 1. The van der Waals surface area contributed by atoms with E-state index in [0.29, 0.717) is 11.5 Å². The molecule has 0 saturated heterocycles. The van der Waals surface area contributed by atoms with Crippen molar-refractivity contribution in [1.29, 1.82) is 0 Å². The van der Waals surface area contributed by atoms with E-state index in [9.17, 15) is 8.78 Å². The lowest BCUT2D eigenvalue weighted by Crippen LogP contribution is -2.27. The van der Waals surface area contributed by atoms with Crippen molar-refractivity contribution in [1.82, 2.24) is 4.98 Å². The number of hydrogen-bond donors (Lipinski definition) is 1. The van der Waals surface area contributed by atoms with Crippen LogP contribution in [-0.4, -0.2) is 30.6 Å². The first-order chi connectivity index (χ1) is 8.19. The Hall–Kier alpha value is -1.59. The molecule has 4 nitrogen and oxygen atoms in total. The van der Waals surface area contributed by atoms with Crippen molar-refractivity contribution in [3.63, 3.8) is 0 Å². The van der Waals surface area contributed by atoms with Crippen LogP contribution in [0.15, 0.2) is 12.1 Å². The van der Waals surface area contributed by atoms with Crippen molar-refractivity contribution < 1.29 is 13.5 Å². The van der Waals surface area contributed by atoms with Crippen molar-refractivity contribution >= 4 is 11.5 Å². The summed E-state index contributed by atoms with van der Waals surface area (Å²) in [5, 5.41) is 0. The summed E-state index contributed by atoms with van der Waals surface area (Å²) in [7, 11) is 1.55. The van der Waals surface area contributed by atoms with E-state index in [4.69, 9.17) is 10.5 Å². The topological polar surface area (TPSA) is 51.4 Å². The number of nitrogens with two attached hydrogens (primary N) is 1. The van der Waals surface area contributed by atoms with E-state index >= 15 is 0 Å². The largest absolute Gasteiger partial charge is 0.470 e. The fraction of sp³-hybridized carbons (Fsp3) is 0.583.